The molecule has 0 aliphatic heterocycles. The smallest absolute Gasteiger partial charge is 0.251 e. The van der Waals surface area contributed by atoms with Crippen LogP contribution in [0.5, 0.6) is 0 Å². The Hall–Kier alpha value is -1.92. The lowest BCUT2D eigenvalue weighted by Crippen LogP contribution is -2.42. The molecule has 128 valence electrons. The third-order valence-electron chi connectivity index (χ3n) is 3.76. The number of amides is 2. The third kappa shape index (κ3) is 5.65. The molecule has 1 aromatic rings. The van der Waals surface area contributed by atoms with Crippen molar-refractivity contribution < 1.29 is 9.59 Å². The van der Waals surface area contributed by atoms with Crippen LogP contribution in [0.4, 0.5) is 5.69 Å². The van der Waals surface area contributed by atoms with Crippen LogP contribution in [0.2, 0.25) is 0 Å². The number of carbonyl (C=O) groups excluding carboxylic acids is 2. The van der Waals surface area contributed by atoms with Gasteiger partial charge in [0.15, 0.2) is 0 Å². The number of anilines is 1. The van der Waals surface area contributed by atoms with Crippen molar-refractivity contribution in [2.24, 2.45) is 5.73 Å². The Bertz CT molecular complexity index is 510. The van der Waals surface area contributed by atoms with Crippen molar-refractivity contribution >= 4 is 17.5 Å². The summed E-state index contributed by atoms with van der Waals surface area (Å²) in [5.74, 6) is -0.240. The molecule has 1 aromatic carbocycles. The Kier molecular flexibility index (Phi) is 7.71. The quantitative estimate of drug-likeness (QED) is 0.710. The Morgan fingerprint density at radius 2 is 1.74 bits per heavy atom. The van der Waals surface area contributed by atoms with Gasteiger partial charge in [-0.05, 0) is 44.3 Å². The van der Waals surface area contributed by atoms with Crippen LogP contribution >= 0.6 is 0 Å². The van der Waals surface area contributed by atoms with E-state index in [0.29, 0.717) is 17.8 Å². The Labute approximate surface area is 138 Å². The second-order valence-electron chi connectivity index (χ2n) is 5.46. The second kappa shape index (κ2) is 9.27. The molecule has 0 aliphatic carbocycles. The molecule has 3 N–H and O–H groups in total. The van der Waals surface area contributed by atoms with Crippen molar-refractivity contribution in [2.75, 3.05) is 31.1 Å². The first-order chi connectivity index (χ1) is 10.9. The van der Waals surface area contributed by atoms with Crippen LogP contribution in [0.15, 0.2) is 24.3 Å². The first-order valence-corrected chi connectivity index (χ1v) is 8.06. The van der Waals surface area contributed by atoms with Gasteiger partial charge in [-0.1, -0.05) is 13.8 Å². The van der Waals surface area contributed by atoms with Gasteiger partial charge in [0.2, 0.25) is 5.91 Å². The lowest BCUT2D eigenvalue weighted by molar-refractivity contribution is -0.116. The van der Waals surface area contributed by atoms with Gasteiger partial charge in [0.05, 0.1) is 6.17 Å². The van der Waals surface area contributed by atoms with E-state index >= 15 is 0 Å². The van der Waals surface area contributed by atoms with E-state index in [1.54, 1.807) is 31.2 Å². The molecule has 6 heteroatoms. The van der Waals surface area contributed by atoms with Gasteiger partial charge in [0, 0.05) is 31.3 Å². The van der Waals surface area contributed by atoms with Gasteiger partial charge in [-0.15, -0.1) is 0 Å². The minimum absolute atomic E-state index is 0.112. The van der Waals surface area contributed by atoms with E-state index < -0.39 is 6.17 Å². The van der Waals surface area contributed by atoms with E-state index in [0.717, 1.165) is 19.6 Å². The molecule has 6 nitrogen and oxygen atoms in total. The molecule has 0 saturated heterocycles. The Morgan fingerprint density at radius 3 is 2.17 bits per heavy atom. The van der Waals surface area contributed by atoms with Crippen molar-refractivity contribution in [3.8, 4) is 0 Å². The molecule has 2 amide bonds. The van der Waals surface area contributed by atoms with Crippen LogP contribution in [0.25, 0.3) is 0 Å². The maximum absolute atomic E-state index is 12.1. The first-order valence-electron chi connectivity index (χ1n) is 8.06. The first kappa shape index (κ1) is 19.1. The minimum atomic E-state index is -0.416. The maximum Gasteiger partial charge on any atom is 0.251 e. The van der Waals surface area contributed by atoms with Crippen molar-refractivity contribution in [1.82, 2.24) is 10.2 Å². The average molecular weight is 320 g/mol. The molecule has 1 rings (SSSR count). The highest BCUT2D eigenvalue weighted by atomic mass is 16.2. The normalized spacial score (nSPS) is 12.1. The second-order valence-corrected chi connectivity index (χ2v) is 5.46. The van der Waals surface area contributed by atoms with Crippen molar-refractivity contribution in [3.63, 3.8) is 0 Å². The molecule has 0 saturated carbocycles. The van der Waals surface area contributed by atoms with Gasteiger partial charge in [0.1, 0.15) is 0 Å². The summed E-state index contributed by atoms with van der Waals surface area (Å²) < 4.78 is 0. The monoisotopic (exact) mass is 320 g/mol. The van der Waals surface area contributed by atoms with Gasteiger partial charge in [-0.2, -0.15) is 0 Å². The van der Waals surface area contributed by atoms with Gasteiger partial charge in [-0.3, -0.25) is 14.5 Å². The summed E-state index contributed by atoms with van der Waals surface area (Å²) in [5, 5.41) is 2.91. The van der Waals surface area contributed by atoms with Gasteiger partial charge in [-0.25, -0.2) is 0 Å². The predicted octanol–water partition coefficient (Wildman–Crippen LogP) is 1.42. The summed E-state index contributed by atoms with van der Waals surface area (Å²) in [4.78, 5) is 27.5. The molecule has 1 unspecified atom stereocenters. The summed E-state index contributed by atoms with van der Waals surface area (Å²) in [6.07, 6.45) is -0.416. The molecule has 0 bridgehead atoms. The minimum Gasteiger partial charge on any atom is -0.351 e. The molecule has 0 radical (unpaired) electrons. The molecule has 23 heavy (non-hydrogen) atoms. The van der Waals surface area contributed by atoms with E-state index in [4.69, 9.17) is 5.73 Å². The van der Waals surface area contributed by atoms with Crippen LogP contribution in [0.1, 0.15) is 38.1 Å². The van der Waals surface area contributed by atoms with E-state index in [2.05, 4.69) is 24.1 Å². The number of hydrogen-bond acceptors (Lipinski definition) is 4. The summed E-state index contributed by atoms with van der Waals surface area (Å²) in [5.41, 5.74) is 7.07. The lowest BCUT2D eigenvalue weighted by atomic mass is 10.1. The van der Waals surface area contributed by atoms with E-state index in [9.17, 15) is 9.59 Å². The largest absolute Gasteiger partial charge is 0.351 e. The van der Waals surface area contributed by atoms with Crippen LogP contribution in [0, 0.1) is 0 Å². The highest BCUT2D eigenvalue weighted by molar-refractivity contribution is 5.96. The topological polar surface area (TPSA) is 78.7 Å². The van der Waals surface area contributed by atoms with Crippen LogP contribution in [-0.4, -0.2) is 49.1 Å². The van der Waals surface area contributed by atoms with Crippen LogP contribution in [-0.2, 0) is 4.79 Å². The standard InChI is InChI=1S/C17H28N4O2/c1-5-20(6-2)12-11-19-17(23)15-7-9-16(10-8-15)21(13(3)18)14(4)22/h7-10,13H,5-6,11-12,18H2,1-4H3,(H,19,23). The molecule has 1 atom stereocenters. The Morgan fingerprint density at radius 1 is 1.17 bits per heavy atom. The zero-order valence-corrected chi connectivity index (χ0v) is 14.5. The number of rotatable bonds is 8. The van der Waals surface area contributed by atoms with Crippen molar-refractivity contribution in [3.05, 3.63) is 29.8 Å². The Balaban J connectivity index is 2.65. The number of nitrogens with zero attached hydrogens (tertiary/aromatic N) is 2. The molecule has 0 aromatic heterocycles. The number of carbonyl (C=O) groups is 2. The number of nitrogens with one attached hydrogen (secondary N) is 1. The van der Waals surface area contributed by atoms with Gasteiger partial charge in [0.25, 0.3) is 5.91 Å². The molecular formula is C17H28N4O2. The number of benzene rings is 1. The van der Waals surface area contributed by atoms with Crippen molar-refractivity contribution in [1.29, 1.82) is 0 Å². The lowest BCUT2D eigenvalue weighted by Gasteiger charge is -2.25. The molecule has 0 fully saturated rings. The van der Waals surface area contributed by atoms with E-state index in [1.807, 2.05) is 0 Å². The van der Waals surface area contributed by atoms with Crippen LogP contribution in [0.3, 0.4) is 0 Å². The van der Waals surface area contributed by atoms with Crippen LogP contribution < -0.4 is 16.0 Å². The fourth-order valence-corrected chi connectivity index (χ4v) is 2.45. The summed E-state index contributed by atoms with van der Waals surface area (Å²) >= 11 is 0. The highest BCUT2D eigenvalue weighted by Gasteiger charge is 2.16. The third-order valence-corrected chi connectivity index (χ3v) is 3.76. The van der Waals surface area contributed by atoms with Gasteiger partial charge >= 0.3 is 0 Å². The molecule has 0 spiro atoms. The summed E-state index contributed by atoms with van der Waals surface area (Å²) in [6, 6.07) is 6.90. The summed E-state index contributed by atoms with van der Waals surface area (Å²) in [6.45, 7) is 10.8. The predicted molar refractivity (Wildman–Crippen MR) is 93.4 cm³/mol. The number of likely N-dealkylation sites (N-methyl/N-ethyl adjacent to an activating group) is 1. The molecular weight excluding hydrogens is 292 g/mol. The zero-order valence-electron chi connectivity index (χ0n) is 14.5. The SMILES string of the molecule is CCN(CC)CCNC(=O)c1ccc(N(C(C)=O)C(C)N)cc1. The van der Waals surface area contributed by atoms with E-state index in [-0.39, 0.29) is 11.8 Å². The maximum atomic E-state index is 12.1. The zero-order chi connectivity index (χ0) is 17.4. The molecule has 0 aliphatic rings. The average Bonchev–Trinajstić information content (AvgIpc) is 2.51. The van der Waals surface area contributed by atoms with Crippen molar-refractivity contribution in [2.45, 2.75) is 33.9 Å². The molecule has 0 heterocycles. The van der Waals surface area contributed by atoms with E-state index in [1.165, 1.54) is 11.8 Å². The highest BCUT2D eigenvalue weighted by Crippen LogP contribution is 2.17. The van der Waals surface area contributed by atoms with Gasteiger partial charge < -0.3 is 16.0 Å². The number of hydrogen-bond donors (Lipinski definition) is 2. The number of nitrogens with two attached hydrogens (primary N) is 1. The fraction of sp³-hybridized carbons (Fsp3) is 0.529. The summed E-state index contributed by atoms with van der Waals surface area (Å²) in [7, 11) is 0. The fourth-order valence-electron chi connectivity index (χ4n) is 2.45.